The van der Waals surface area contributed by atoms with Crippen LogP contribution in [0.4, 0.5) is 0 Å². The summed E-state index contributed by atoms with van der Waals surface area (Å²) in [5.41, 5.74) is 0.952. The second-order valence-corrected chi connectivity index (χ2v) is 6.54. The van der Waals surface area contributed by atoms with E-state index in [-0.39, 0.29) is 24.0 Å². The molecule has 0 atom stereocenters. The highest BCUT2D eigenvalue weighted by Gasteiger charge is 2.13. The van der Waals surface area contributed by atoms with Crippen LogP contribution >= 0.6 is 24.0 Å². The lowest BCUT2D eigenvalue weighted by atomic mass is 10.2. The fourth-order valence-electron chi connectivity index (χ4n) is 2.90. The second kappa shape index (κ2) is 15.3. The summed E-state index contributed by atoms with van der Waals surface area (Å²) in [6.07, 6.45) is 0.825. The van der Waals surface area contributed by atoms with Crippen LogP contribution in [0, 0.1) is 0 Å². The summed E-state index contributed by atoms with van der Waals surface area (Å²) < 4.78 is 27.2. The monoisotopic (exact) mass is 559 g/mol. The normalized spacial score (nSPS) is 10.6. The summed E-state index contributed by atoms with van der Waals surface area (Å²) in [5, 5.41) is 6.58. The molecule has 0 aliphatic heterocycles. The molecule has 0 radical (unpaired) electrons. The van der Waals surface area contributed by atoms with E-state index < -0.39 is 0 Å². The van der Waals surface area contributed by atoms with Crippen molar-refractivity contribution in [1.29, 1.82) is 0 Å². The molecular formula is C23H34IN3O5. The predicted octanol–water partition coefficient (Wildman–Crippen LogP) is 3.86. The Hall–Kier alpha value is -2.56. The minimum absolute atomic E-state index is 0. The van der Waals surface area contributed by atoms with Gasteiger partial charge in [-0.15, -0.1) is 24.0 Å². The van der Waals surface area contributed by atoms with Crippen molar-refractivity contribution in [3.05, 3.63) is 42.0 Å². The third-order valence-corrected chi connectivity index (χ3v) is 4.41. The van der Waals surface area contributed by atoms with Crippen LogP contribution in [0.25, 0.3) is 0 Å². The van der Waals surface area contributed by atoms with Gasteiger partial charge >= 0.3 is 0 Å². The number of halogens is 1. The molecule has 2 N–H and O–H groups in total. The SMILES string of the molecule is CCNC(=NCc1cc(OC)c(OC)c(OC)c1)NCCCOc1cccc(OC)c1.I. The van der Waals surface area contributed by atoms with Gasteiger partial charge in [-0.3, -0.25) is 0 Å². The highest BCUT2D eigenvalue weighted by molar-refractivity contribution is 14.0. The first kappa shape index (κ1) is 27.5. The fraction of sp³-hybridized carbons (Fsp3) is 0.435. The molecular weight excluding hydrogens is 525 g/mol. The standard InChI is InChI=1S/C23H33N3O5.HI/c1-6-24-23(25-11-8-12-31-19-10-7-9-18(15-19)27-2)26-16-17-13-20(28-3)22(30-5)21(14-17)29-4;/h7,9-10,13-15H,6,8,11-12,16H2,1-5H3,(H2,24,25,26);1H. The minimum Gasteiger partial charge on any atom is -0.497 e. The largest absolute Gasteiger partial charge is 0.497 e. The maximum Gasteiger partial charge on any atom is 0.203 e. The quantitative estimate of drug-likeness (QED) is 0.177. The van der Waals surface area contributed by atoms with Gasteiger partial charge in [-0.25, -0.2) is 4.99 Å². The lowest BCUT2D eigenvalue weighted by molar-refractivity contribution is 0.308. The smallest absolute Gasteiger partial charge is 0.203 e. The highest BCUT2D eigenvalue weighted by atomic mass is 127. The van der Waals surface area contributed by atoms with Crippen molar-refractivity contribution in [3.63, 3.8) is 0 Å². The van der Waals surface area contributed by atoms with Gasteiger partial charge in [0.15, 0.2) is 17.5 Å². The van der Waals surface area contributed by atoms with Crippen molar-refractivity contribution < 1.29 is 23.7 Å². The Bertz CT molecular complexity index is 823. The Labute approximate surface area is 207 Å². The summed E-state index contributed by atoms with van der Waals surface area (Å²) in [6, 6.07) is 11.4. The van der Waals surface area contributed by atoms with E-state index in [1.54, 1.807) is 28.4 Å². The Morgan fingerprint density at radius 1 is 0.875 bits per heavy atom. The molecule has 0 heterocycles. The van der Waals surface area contributed by atoms with Gasteiger partial charge in [0.05, 0.1) is 41.6 Å². The molecule has 0 amide bonds. The first-order chi connectivity index (χ1) is 15.1. The molecule has 0 unspecified atom stereocenters. The molecule has 0 fully saturated rings. The highest BCUT2D eigenvalue weighted by Crippen LogP contribution is 2.38. The Morgan fingerprint density at radius 2 is 1.56 bits per heavy atom. The molecule has 2 aromatic rings. The number of ether oxygens (including phenoxy) is 5. The summed E-state index contributed by atoms with van der Waals surface area (Å²) in [4.78, 5) is 4.65. The van der Waals surface area contributed by atoms with Crippen molar-refractivity contribution in [2.24, 2.45) is 4.99 Å². The van der Waals surface area contributed by atoms with Gasteiger partial charge in [-0.1, -0.05) is 6.07 Å². The van der Waals surface area contributed by atoms with E-state index in [0.717, 1.165) is 42.5 Å². The molecule has 0 bridgehead atoms. The van der Waals surface area contributed by atoms with Crippen LogP contribution in [-0.4, -0.2) is 54.1 Å². The number of methoxy groups -OCH3 is 4. The lowest BCUT2D eigenvalue weighted by Gasteiger charge is -2.14. The van der Waals surface area contributed by atoms with Crippen LogP contribution in [-0.2, 0) is 6.54 Å². The van der Waals surface area contributed by atoms with E-state index in [1.807, 2.05) is 43.3 Å². The topological polar surface area (TPSA) is 82.6 Å². The molecule has 0 aliphatic rings. The summed E-state index contributed by atoms with van der Waals surface area (Å²) in [5.74, 6) is 4.10. The van der Waals surface area contributed by atoms with Gasteiger partial charge in [0, 0.05) is 19.2 Å². The Kier molecular flexibility index (Phi) is 13.1. The zero-order chi connectivity index (χ0) is 22.5. The molecule has 0 aromatic heterocycles. The van der Waals surface area contributed by atoms with Crippen molar-refractivity contribution in [3.8, 4) is 28.7 Å². The van der Waals surface area contributed by atoms with Crippen molar-refractivity contribution >= 4 is 29.9 Å². The van der Waals surface area contributed by atoms with Crippen LogP contribution in [0.15, 0.2) is 41.4 Å². The second-order valence-electron chi connectivity index (χ2n) is 6.54. The van der Waals surface area contributed by atoms with Crippen molar-refractivity contribution in [1.82, 2.24) is 10.6 Å². The van der Waals surface area contributed by atoms with Gasteiger partial charge in [-0.2, -0.15) is 0 Å². The number of nitrogens with one attached hydrogen (secondary N) is 2. The van der Waals surface area contributed by atoms with Crippen LogP contribution in [0.3, 0.4) is 0 Å². The van der Waals surface area contributed by atoms with Gasteiger partial charge in [0.2, 0.25) is 5.75 Å². The summed E-state index contributed by atoms with van der Waals surface area (Å²) in [6.45, 7) is 4.58. The number of guanidine groups is 1. The molecule has 0 saturated carbocycles. The van der Waals surface area contributed by atoms with E-state index in [0.29, 0.717) is 30.4 Å². The maximum absolute atomic E-state index is 5.77. The number of nitrogens with zero attached hydrogens (tertiary/aromatic N) is 1. The molecule has 0 saturated heterocycles. The predicted molar refractivity (Wildman–Crippen MR) is 137 cm³/mol. The summed E-state index contributed by atoms with van der Waals surface area (Å²) in [7, 11) is 6.43. The van der Waals surface area contributed by atoms with Crippen molar-refractivity contribution in [2.75, 3.05) is 48.1 Å². The first-order valence-electron chi connectivity index (χ1n) is 10.2. The van der Waals surface area contributed by atoms with Crippen LogP contribution in [0.5, 0.6) is 28.7 Å². The molecule has 0 aliphatic carbocycles. The zero-order valence-corrected chi connectivity index (χ0v) is 21.7. The molecule has 8 nitrogen and oxygen atoms in total. The van der Waals surface area contributed by atoms with E-state index in [4.69, 9.17) is 23.7 Å². The van der Waals surface area contributed by atoms with Gasteiger partial charge in [0.25, 0.3) is 0 Å². The molecule has 32 heavy (non-hydrogen) atoms. The molecule has 9 heteroatoms. The number of benzene rings is 2. The number of rotatable bonds is 12. The number of hydrogen-bond acceptors (Lipinski definition) is 6. The summed E-state index contributed by atoms with van der Waals surface area (Å²) >= 11 is 0. The van der Waals surface area contributed by atoms with Crippen LogP contribution in [0.1, 0.15) is 18.9 Å². The van der Waals surface area contributed by atoms with E-state index in [1.165, 1.54) is 0 Å². The maximum atomic E-state index is 5.77. The van der Waals surface area contributed by atoms with Crippen LogP contribution in [0.2, 0.25) is 0 Å². The first-order valence-corrected chi connectivity index (χ1v) is 10.2. The minimum atomic E-state index is 0. The van der Waals surface area contributed by atoms with Gasteiger partial charge in [-0.05, 0) is 43.2 Å². The third-order valence-electron chi connectivity index (χ3n) is 4.41. The van der Waals surface area contributed by atoms with Crippen molar-refractivity contribution in [2.45, 2.75) is 19.9 Å². The number of hydrogen-bond donors (Lipinski definition) is 2. The van der Waals surface area contributed by atoms with E-state index in [2.05, 4.69) is 15.6 Å². The number of aliphatic imine (C=N–C) groups is 1. The average Bonchev–Trinajstić information content (AvgIpc) is 2.81. The van der Waals surface area contributed by atoms with Crippen LogP contribution < -0.4 is 34.3 Å². The Balaban J connectivity index is 0.00000512. The van der Waals surface area contributed by atoms with Gasteiger partial charge < -0.3 is 34.3 Å². The Morgan fingerprint density at radius 3 is 2.16 bits per heavy atom. The third kappa shape index (κ3) is 8.52. The van der Waals surface area contributed by atoms with E-state index in [9.17, 15) is 0 Å². The molecule has 178 valence electrons. The molecule has 0 spiro atoms. The molecule has 2 rings (SSSR count). The zero-order valence-electron chi connectivity index (χ0n) is 19.4. The fourth-order valence-corrected chi connectivity index (χ4v) is 2.90. The lowest BCUT2D eigenvalue weighted by Crippen LogP contribution is -2.38. The van der Waals surface area contributed by atoms with E-state index >= 15 is 0 Å². The average molecular weight is 559 g/mol. The van der Waals surface area contributed by atoms with Gasteiger partial charge in [0.1, 0.15) is 11.5 Å². The molecule has 2 aromatic carbocycles.